The Morgan fingerprint density at radius 3 is 2.86 bits per heavy atom. The molecule has 4 rings (SSSR count). The van der Waals surface area contributed by atoms with Gasteiger partial charge in [-0.25, -0.2) is 0 Å². The standard InChI is InChI=1S/C19H18BrCl/c20-14-6-3-4-12(10-14)11-17(21)19-16-9-8-13-5-1-2-7-15(13)18(16)19/h1-7,10,16-19H,8-9,11H2. The van der Waals surface area contributed by atoms with Gasteiger partial charge in [-0.3, -0.25) is 0 Å². The van der Waals surface area contributed by atoms with E-state index in [-0.39, 0.29) is 5.38 Å². The predicted octanol–water partition coefficient (Wildman–Crippen LogP) is 5.58. The largest absolute Gasteiger partial charge is 0.122 e. The van der Waals surface area contributed by atoms with Gasteiger partial charge >= 0.3 is 0 Å². The van der Waals surface area contributed by atoms with Crippen LogP contribution < -0.4 is 0 Å². The minimum Gasteiger partial charge on any atom is -0.122 e. The molecular weight excluding hydrogens is 344 g/mol. The molecular formula is C19H18BrCl. The summed E-state index contributed by atoms with van der Waals surface area (Å²) in [6, 6.07) is 17.5. The summed E-state index contributed by atoms with van der Waals surface area (Å²) in [5, 5.41) is 0.250. The van der Waals surface area contributed by atoms with E-state index in [0.717, 1.165) is 16.8 Å². The van der Waals surface area contributed by atoms with E-state index in [1.807, 2.05) is 0 Å². The highest BCUT2D eigenvalue weighted by Gasteiger charge is 2.55. The molecule has 0 aromatic heterocycles. The van der Waals surface area contributed by atoms with Crippen LogP contribution in [0.4, 0.5) is 0 Å². The molecule has 0 spiro atoms. The lowest BCUT2D eigenvalue weighted by Gasteiger charge is -2.13. The Hall–Kier alpha value is -0.790. The van der Waals surface area contributed by atoms with Gasteiger partial charge in [-0.15, -0.1) is 11.6 Å². The highest BCUT2D eigenvalue weighted by atomic mass is 79.9. The molecule has 0 N–H and O–H groups in total. The van der Waals surface area contributed by atoms with Crippen molar-refractivity contribution in [2.45, 2.75) is 30.6 Å². The molecule has 0 bridgehead atoms. The van der Waals surface area contributed by atoms with Gasteiger partial charge in [0.15, 0.2) is 0 Å². The van der Waals surface area contributed by atoms with Crippen molar-refractivity contribution < 1.29 is 0 Å². The van der Waals surface area contributed by atoms with Crippen molar-refractivity contribution in [2.75, 3.05) is 0 Å². The Balaban J connectivity index is 1.52. The lowest BCUT2D eigenvalue weighted by molar-refractivity contribution is 0.610. The summed E-state index contributed by atoms with van der Waals surface area (Å²) in [4.78, 5) is 0. The van der Waals surface area contributed by atoms with Crippen LogP contribution in [0.1, 0.15) is 29.0 Å². The molecule has 2 aromatic carbocycles. The zero-order valence-electron chi connectivity index (χ0n) is 11.8. The fourth-order valence-electron chi connectivity index (χ4n) is 4.14. The molecule has 2 aliphatic carbocycles. The van der Waals surface area contributed by atoms with Crippen molar-refractivity contribution in [1.82, 2.24) is 0 Å². The van der Waals surface area contributed by atoms with Crippen LogP contribution in [0.25, 0.3) is 0 Å². The topological polar surface area (TPSA) is 0 Å². The molecule has 0 saturated heterocycles. The van der Waals surface area contributed by atoms with Crippen LogP contribution in [0.5, 0.6) is 0 Å². The van der Waals surface area contributed by atoms with E-state index < -0.39 is 0 Å². The van der Waals surface area contributed by atoms with Crippen LogP contribution in [-0.4, -0.2) is 5.38 Å². The third-order valence-corrected chi connectivity index (χ3v) is 6.07. The summed E-state index contributed by atoms with van der Waals surface area (Å²) in [6.07, 6.45) is 3.52. The third-order valence-electron chi connectivity index (χ3n) is 5.13. The first-order valence-electron chi connectivity index (χ1n) is 7.70. The number of halogens is 2. The van der Waals surface area contributed by atoms with Gasteiger partial charge < -0.3 is 0 Å². The average Bonchev–Trinajstić information content (AvgIpc) is 3.22. The van der Waals surface area contributed by atoms with E-state index in [1.54, 1.807) is 11.1 Å². The zero-order valence-corrected chi connectivity index (χ0v) is 14.1. The van der Waals surface area contributed by atoms with Crippen molar-refractivity contribution in [3.05, 3.63) is 69.7 Å². The summed E-state index contributed by atoms with van der Waals surface area (Å²) >= 11 is 10.3. The van der Waals surface area contributed by atoms with E-state index in [2.05, 4.69) is 64.5 Å². The molecule has 2 aromatic rings. The second-order valence-electron chi connectivity index (χ2n) is 6.35. The Bertz CT molecular complexity index is 666. The normalized spacial score (nSPS) is 27.6. The molecule has 1 saturated carbocycles. The van der Waals surface area contributed by atoms with E-state index in [1.165, 1.54) is 18.4 Å². The summed E-state index contributed by atoms with van der Waals surface area (Å²) in [5.41, 5.74) is 4.45. The van der Waals surface area contributed by atoms with E-state index in [4.69, 9.17) is 11.6 Å². The van der Waals surface area contributed by atoms with Crippen LogP contribution in [0.15, 0.2) is 53.0 Å². The zero-order chi connectivity index (χ0) is 14.4. The van der Waals surface area contributed by atoms with Crippen molar-refractivity contribution in [3.63, 3.8) is 0 Å². The smallest absolute Gasteiger partial charge is 0.0413 e. The lowest BCUT2D eigenvalue weighted by atomic mass is 9.92. The second-order valence-corrected chi connectivity index (χ2v) is 7.83. The Kier molecular flexibility index (Phi) is 3.59. The first-order chi connectivity index (χ1) is 10.2. The molecule has 21 heavy (non-hydrogen) atoms. The van der Waals surface area contributed by atoms with E-state index >= 15 is 0 Å². The van der Waals surface area contributed by atoms with Crippen LogP contribution in [0.3, 0.4) is 0 Å². The SMILES string of the molecule is ClC(Cc1cccc(Br)c1)C1C2CCc3ccccc3C21. The average molecular weight is 362 g/mol. The first kappa shape index (κ1) is 13.8. The summed E-state index contributed by atoms with van der Waals surface area (Å²) in [6.45, 7) is 0. The van der Waals surface area contributed by atoms with Gasteiger partial charge in [0.25, 0.3) is 0 Å². The highest BCUT2D eigenvalue weighted by molar-refractivity contribution is 9.10. The van der Waals surface area contributed by atoms with Gasteiger partial charge in [0.05, 0.1) is 0 Å². The highest BCUT2D eigenvalue weighted by Crippen LogP contribution is 2.62. The van der Waals surface area contributed by atoms with Crippen LogP contribution in [0, 0.1) is 11.8 Å². The summed E-state index contributed by atoms with van der Waals surface area (Å²) in [5.74, 6) is 2.19. The van der Waals surface area contributed by atoms with Crippen molar-refractivity contribution in [2.24, 2.45) is 11.8 Å². The minimum absolute atomic E-state index is 0.250. The number of fused-ring (bicyclic) bond motifs is 3. The van der Waals surface area contributed by atoms with Gasteiger partial charge in [-0.1, -0.05) is 52.3 Å². The number of alkyl halides is 1. The number of rotatable bonds is 3. The Morgan fingerprint density at radius 1 is 1.14 bits per heavy atom. The maximum atomic E-state index is 6.79. The Labute approximate surface area is 139 Å². The molecule has 1 fully saturated rings. The molecule has 0 aliphatic heterocycles. The quantitative estimate of drug-likeness (QED) is 0.626. The number of aryl methyl sites for hydroxylation is 1. The van der Waals surface area contributed by atoms with Gasteiger partial charge in [0, 0.05) is 9.85 Å². The summed E-state index contributed by atoms with van der Waals surface area (Å²) < 4.78 is 1.14. The van der Waals surface area contributed by atoms with Crippen molar-refractivity contribution >= 4 is 27.5 Å². The molecule has 4 unspecified atom stereocenters. The van der Waals surface area contributed by atoms with Crippen molar-refractivity contribution in [3.8, 4) is 0 Å². The van der Waals surface area contributed by atoms with E-state index in [9.17, 15) is 0 Å². The van der Waals surface area contributed by atoms with Crippen LogP contribution in [0.2, 0.25) is 0 Å². The second kappa shape index (κ2) is 5.44. The third kappa shape index (κ3) is 2.55. The maximum absolute atomic E-state index is 6.79. The van der Waals surface area contributed by atoms with Crippen molar-refractivity contribution in [1.29, 1.82) is 0 Å². The molecule has 108 valence electrons. The molecule has 0 nitrogen and oxygen atoms in total. The fourth-order valence-corrected chi connectivity index (χ4v) is 5.11. The monoisotopic (exact) mass is 360 g/mol. The molecule has 0 radical (unpaired) electrons. The maximum Gasteiger partial charge on any atom is 0.0413 e. The summed E-state index contributed by atoms with van der Waals surface area (Å²) in [7, 11) is 0. The van der Waals surface area contributed by atoms with Gasteiger partial charge in [0.1, 0.15) is 0 Å². The molecule has 2 aliphatic rings. The van der Waals surface area contributed by atoms with Gasteiger partial charge in [0.2, 0.25) is 0 Å². The predicted molar refractivity (Wildman–Crippen MR) is 92.0 cm³/mol. The number of benzene rings is 2. The lowest BCUT2D eigenvalue weighted by Crippen LogP contribution is -2.08. The van der Waals surface area contributed by atoms with Gasteiger partial charge in [-0.2, -0.15) is 0 Å². The number of hydrogen-bond donors (Lipinski definition) is 0. The first-order valence-corrected chi connectivity index (χ1v) is 8.93. The Morgan fingerprint density at radius 2 is 2.00 bits per heavy atom. The van der Waals surface area contributed by atoms with Crippen LogP contribution in [-0.2, 0) is 12.8 Å². The number of hydrogen-bond acceptors (Lipinski definition) is 0. The molecule has 0 heterocycles. The minimum atomic E-state index is 0.250. The van der Waals surface area contributed by atoms with E-state index in [0.29, 0.717) is 11.8 Å². The van der Waals surface area contributed by atoms with Gasteiger partial charge in [-0.05, 0) is 65.8 Å². The molecule has 2 heteroatoms. The molecule has 0 amide bonds. The van der Waals surface area contributed by atoms with Crippen LogP contribution >= 0.6 is 27.5 Å². The fraction of sp³-hybridized carbons (Fsp3) is 0.368. The molecule has 4 atom stereocenters.